The number of halogens is 1. The first-order valence-corrected chi connectivity index (χ1v) is 5.13. The topological polar surface area (TPSA) is 63.6 Å². The minimum Gasteiger partial charge on any atom is -0.349 e. The summed E-state index contributed by atoms with van der Waals surface area (Å²) in [6.07, 6.45) is 3.51. The smallest absolute Gasteiger partial charge is 0.243 e. The van der Waals surface area contributed by atoms with Gasteiger partial charge in [-0.25, -0.2) is 4.98 Å². The van der Waals surface area contributed by atoms with Crippen molar-refractivity contribution in [1.29, 1.82) is 0 Å². The molecule has 0 fully saturated rings. The Labute approximate surface area is 97.9 Å². The van der Waals surface area contributed by atoms with E-state index >= 15 is 0 Å². The van der Waals surface area contributed by atoms with Crippen LogP contribution in [0, 0.1) is 6.92 Å². The van der Waals surface area contributed by atoms with E-state index in [0.717, 1.165) is 5.56 Å². The van der Waals surface area contributed by atoms with Crippen molar-refractivity contribution < 1.29 is 0 Å². The van der Waals surface area contributed by atoms with Gasteiger partial charge in [-0.1, -0.05) is 17.7 Å². The van der Waals surface area contributed by atoms with E-state index in [1.807, 2.05) is 12.1 Å². The highest BCUT2D eigenvalue weighted by Crippen LogP contribution is 2.09. The number of aryl methyl sites for hydroxylation is 1. The molecule has 2 heterocycles. The maximum Gasteiger partial charge on any atom is 0.243 e. The number of nitrogens with one attached hydrogen (secondary N) is 1. The van der Waals surface area contributed by atoms with E-state index in [0.29, 0.717) is 23.3 Å². The van der Waals surface area contributed by atoms with E-state index < -0.39 is 0 Å². The molecule has 2 rings (SSSR count). The van der Waals surface area contributed by atoms with Crippen LogP contribution in [0.1, 0.15) is 11.3 Å². The molecule has 0 amide bonds. The van der Waals surface area contributed by atoms with Gasteiger partial charge in [0.05, 0.1) is 5.69 Å². The van der Waals surface area contributed by atoms with Crippen LogP contribution in [0.25, 0.3) is 0 Å². The maximum atomic E-state index is 5.72. The van der Waals surface area contributed by atoms with E-state index in [1.165, 1.54) is 0 Å². The third-order valence-electron chi connectivity index (χ3n) is 1.98. The third-order valence-corrected chi connectivity index (χ3v) is 2.33. The van der Waals surface area contributed by atoms with Crippen LogP contribution in [0.4, 0.5) is 5.95 Å². The molecule has 0 radical (unpaired) electrons. The first-order chi connectivity index (χ1) is 7.75. The molecular formula is C10H10ClN5. The monoisotopic (exact) mass is 235 g/mol. The molecule has 16 heavy (non-hydrogen) atoms. The molecule has 0 unspecified atom stereocenters. The molecular weight excluding hydrogens is 226 g/mol. The number of hydrogen-bond donors (Lipinski definition) is 1. The molecule has 6 heteroatoms. The van der Waals surface area contributed by atoms with Crippen molar-refractivity contribution in [2.75, 3.05) is 5.32 Å². The first kappa shape index (κ1) is 10.8. The molecule has 0 aliphatic carbocycles. The lowest BCUT2D eigenvalue weighted by atomic mass is 10.3. The van der Waals surface area contributed by atoms with Gasteiger partial charge in [0, 0.05) is 18.9 Å². The summed E-state index contributed by atoms with van der Waals surface area (Å²) < 4.78 is 0. The number of anilines is 1. The zero-order valence-corrected chi connectivity index (χ0v) is 9.44. The molecule has 82 valence electrons. The highest BCUT2D eigenvalue weighted by atomic mass is 35.5. The molecule has 5 nitrogen and oxygen atoms in total. The molecule has 0 bridgehead atoms. The van der Waals surface area contributed by atoms with Crippen molar-refractivity contribution in [2.24, 2.45) is 0 Å². The normalized spacial score (nSPS) is 10.1. The predicted octanol–water partition coefficient (Wildman–Crippen LogP) is 1.84. The lowest BCUT2D eigenvalue weighted by Crippen LogP contribution is -2.06. The molecule has 0 aromatic carbocycles. The summed E-state index contributed by atoms with van der Waals surface area (Å²) in [5.41, 5.74) is 1.71. The maximum absolute atomic E-state index is 5.72. The van der Waals surface area contributed by atoms with Crippen LogP contribution in [-0.2, 0) is 6.54 Å². The van der Waals surface area contributed by atoms with Crippen molar-refractivity contribution >= 4 is 17.5 Å². The lowest BCUT2D eigenvalue weighted by molar-refractivity contribution is 0.920. The largest absolute Gasteiger partial charge is 0.349 e. The Bertz CT molecular complexity index is 474. The van der Waals surface area contributed by atoms with Crippen LogP contribution in [0.3, 0.4) is 0 Å². The molecule has 0 aliphatic rings. The van der Waals surface area contributed by atoms with Crippen molar-refractivity contribution in [1.82, 2.24) is 20.2 Å². The fourth-order valence-electron chi connectivity index (χ4n) is 1.15. The van der Waals surface area contributed by atoms with Gasteiger partial charge in [-0.05, 0) is 18.6 Å². The summed E-state index contributed by atoms with van der Waals surface area (Å²) in [6.45, 7) is 2.39. The Morgan fingerprint density at radius 1 is 1.38 bits per heavy atom. The number of rotatable bonds is 3. The highest BCUT2D eigenvalue weighted by molar-refractivity contribution is 6.29. The van der Waals surface area contributed by atoms with E-state index in [-0.39, 0.29) is 0 Å². The molecule has 0 saturated carbocycles. The quantitative estimate of drug-likeness (QED) is 0.880. The summed E-state index contributed by atoms with van der Waals surface area (Å²) in [7, 11) is 0. The minimum absolute atomic E-state index is 0.326. The van der Waals surface area contributed by atoms with Gasteiger partial charge in [0.2, 0.25) is 5.95 Å². The Morgan fingerprint density at radius 3 is 2.94 bits per heavy atom. The Hall–Kier alpha value is -1.75. The average molecular weight is 236 g/mol. The third kappa shape index (κ3) is 2.64. The van der Waals surface area contributed by atoms with Crippen molar-refractivity contribution in [2.45, 2.75) is 13.5 Å². The van der Waals surface area contributed by atoms with Gasteiger partial charge < -0.3 is 5.32 Å². The van der Waals surface area contributed by atoms with Crippen LogP contribution in [0.5, 0.6) is 0 Å². The Balaban J connectivity index is 2.03. The second-order valence-corrected chi connectivity index (χ2v) is 3.58. The van der Waals surface area contributed by atoms with Gasteiger partial charge in [-0.15, -0.1) is 10.2 Å². The number of hydrogen-bond acceptors (Lipinski definition) is 5. The Morgan fingerprint density at radius 2 is 2.25 bits per heavy atom. The van der Waals surface area contributed by atoms with Gasteiger partial charge in [0.15, 0.2) is 5.15 Å². The standard InChI is InChI=1S/C10H10ClN5/c1-7-9(11)15-16-10(14-7)13-6-8-3-2-4-12-5-8/h2-5H,6H2,1H3,(H,13,14,16). The molecule has 0 atom stereocenters. The minimum atomic E-state index is 0.326. The van der Waals surface area contributed by atoms with E-state index in [9.17, 15) is 0 Å². The van der Waals surface area contributed by atoms with E-state index in [4.69, 9.17) is 11.6 Å². The summed E-state index contributed by atoms with van der Waals surface area (Å²) in [5.74, 6) is 0.464. The molecule has 1 N–H and O–H groups in total. The summed E-state index contributed by atoms with van der Waals surface area (Å²) in [6, 6.07) is 3.85. The van der Waals surface area contributed by atoms with Gasteiger partial charge in [-0.3, -0.25) is 4.98 Å². The van der Waals surface area contributed by atoms with Gasteiger partial charge in [0.1, 0.15) is 0 Å². The van der Waals surface area contributed by atoms with E-state index in [1.54, 1.807) is 19.3 Å². The van der Waals surface area contributed by atoms with Gasteiger partial charge >= 0.3 is 0 Å². The van der Waals surface area contributed by atoms with Crippen molar-refractivity contribution in [3.63, 3.8) is 0 Å². The van der Waals surface area contributed by atoms with Crippen LogP contribution in [-0.4, -0.2) is 20.2 Å². The summed E-state index contributed by atoms with van der Waals surface area (Å²) in [4.78, 5) is 8.16. The molecule has 2 aromatic rings. The second-order valence-electron chi connectivity index (χ2n) is 3.23. The average Bonchev–Trinajstić information content (AvgIpc) is 2.32. The first-order valence-electron chi connectivity index (χ1n) is 4.75. The molecule has 2 aromatic heterocycles. The van der Waals surface area contributed by atoms with Crippen molar-refractivity contribution in [3.8, 4) is 0 Å². The molecule has 0 spiro atoms. The van der Waals surface area contributed by atoms with Gasteiger partial charge in [-0.2, -0.15) is 0 Å². The fourth-order valence-corrected chi connectivity index (χ4v) is 1.23. The summed E-state index contributed by atoms with van der Waals surface area (Å²) >= 11 is 5.72. The Kier molecular flexibility index (Phi) is 3.26. The lowest BCUT2D eigenvalue weighted by Gasteiger charge is -2.04. The van der Waals surface area contributed by atoms with Crippen LogP contribution < -0.4 is 5.32 Å². The molecule has 0 saturated heterocycles. The number of pyridine rings is 1. The zero-order chi connectivity index (χ0) is 11.4. The van der Waals surface area contributed by atoms with Gasteiger partial charge in [0.25, 0.3) is 0 Å². The number of nitrogens with zero attached hydrogens (tertiary/aromatic N) is 4. The SMILES string of the molecule is Cc1nc(NCc2cccnc2)nnc1Cl. The van der Waals surface area contributed by atoms with Crippen LogP contribution in [0.15, 0.2) is 24.5 Å². The van der Waals surface area contributed by atoms with Crippen LogP contribution in [0.2, 0.25) is 5.15 Å². The zero-order valence-electron chi connectivity index (χ0n) is 8.68. The number of aromatic nitrogens is 4. The molecule has 0 aliphatic heterocycles. The van der Waals surface area contributed by atoms with E-state index in [2.05, 4.69) is 25.5 Å². The fraction of sp³-hybridized carbons (Fsp3) is 0.200. The predicted molar refractivity (Wildman–Crippen MR) is 61.1 cm³/mol. The highest BCUT2D eigenvalue weighted by Gasteiger charge is 2.02. The second kappa shape index (κ2) is 4.85. The summed E-state index contributed by atoms with van der Waals surface area (Å²) in [5, 5.41) is 11.0. The van der Waals surface area contributed by atoms with Crippen LogP contribution >= 0.6 is 11.6 Å². The van der Waals surface area contributed by atoms with Crippen molar-refractivity contribution in [3.05, 3.63) is 40.9 Å².